The van der Waals surface area contributed by atoms with Crippen LogP contribution in [0.2, 0.25) is 0 Å². The first-order valence-corrected chi connectivity index (χ1v) is 11.7. The van der Waals surface area contributed by atoms with Gasteiger partial charge in [0.05, 0.1) is 5.56 Å². The van der Waals surface area contributed by atoms with Crippen molar-refractivity contribution in [3.63, 3.8) is 0 Å². The van der Waals surface area contributed by atoms with Gasteiger partial charge in [0, 0.05) is 6.42 Å². The minimum absolute atomic E-state index is 0.199. The third-order valence-corrected chi connectivity index (χ3v) is 7.50. The molecule has 0 unspecified atom stereocenters. The molecule has 3 heteroatoms. The molecule has 160 valence electrons. The molecule has 0 amide bonds. The van der Waals surface area contributed by atoms with Gasteiger partial charge in [-0.3, -0.25) is 4.79 Å². The normalized spacial score (nSPS) is 23.0. The number of unbranched alkanes of at least 4 members (excludes halogenated alkanes) is 3. The maximum atomic E-state index is 14.7. The molecule has 0 aromatic heterocycles. The molecule has 3 saturated carbocycles. The quantitative estimate of drug-likeness (QED) is 0.318. The maximum Gasteiger partial charge on any atom is 0.168 e. The maximum absolute atomic E-state index is 14.7. The zero-order chi connectivity index (χ0) is 21.1. The van der Waals surface area contributed by atoms with Crippen molar-refractivity contribution < 1.29 is 13.6 Å². The first-order chi connectivity index (χ1) is 14.5. The van der Waals surface area contributed by atoms with Gasteiger partial charge in [-0.25, -0.2) is 8.78 Å². The summed E-state index contributed by atoms with van der Waals surface area (Å²) in [5.41, 5.74) is 2.56. The lowest BCUT2D eigenvalue weighted by molar-refractivity contribution is 0.0971. The van der Waals surface area contributed by atoms with Crippen molar-refractivity contribution in [2.75, 3.05) is 0 Å². The van der Waals surface area contributed by atoms with Crippen LogP contribution in [0.15, 0.2) is 36.4 Å². The van der Waals surface area contributed by atoms with Crippen LogP contribution in [0, 0.1) is 17.6 Å². The third kappa shape index (κ3) is 4.22. The van der Waals surface area contributed by atoms with Crippen LogP contribution in [0.4, 0.5) is 8.78 Å². The molecule has 2 aromatic carbocycles. The first-order valence-electron chi connectivity index (χ1n) is 11.7. The van der Waals surface area contributed by atoms with Crippen LogP contribution < -0.4 is 0 Å². The highest BCUT2D eigenvalue weighted by Crippen LogP contribution is 2.51. The second kappa shape index (κ2) is 8.99. The number of rotatable bonds is 8. The molecule has 1 nitrogen and oxygen atoms in total. The van der Waals surface area contributed by atoms with Crippen molar-refractivity contribution in [2.45, 2.75) is 83.0 Å². The predicted molar refractivity (Wildman–Crippen MR) is 118 cm³/mol. The Morgan fingerprint density at radius 2 is 1.50 bits per heavy atom. The van der Waals surface area contributed by atoms with E-state index in [2.05, 4.69) is 19.1 Å². The van der Waals surface area contributed by atoms with Gasteiger partial charge in [0.2, 0.25) is 0 Å². The van der Waals surface area contributed by atoms with Crippen LogP contribution in [0.5, 0.6) is 0 Å². The smallest absolute Gasteiger partial charge is 0.168 e. The van der Waals surface area contributed by atoms with Crippen LogP contribution in [0.1, 0.15) is 93.5 Å². The lowest BCUT2D eigenvalue weighted by atomic mass is 9.58. The van der Waals surface area contributed by atoms with Gasteiger partial charge >= 0.3 is 0 Å². The molecule has 3 fully saturated rings. The Labute approximate surface area is 178 Å². The molecule has 0 atom stereocenters. The summed E-state index contributed by atoms with van der Waals surface area (Å²) in [7, 11) is 0. The van der Waals surface area contributed by atoms with Crippen molar-refractivity contribution >= 4 is 5.78 Å². The van der Waals surface area contributed by atoms with E-state index in [1.54, 1.807) is 0 Å². The van der Waals surface area contributed by atoms with E-state index in [-0.39, 0.29) is 12.0 Å². The van der Waals surface area contributed by atoms with Crippen LogP contribution in [-0.4, -0.2) is 5.78 Å². The Bertz CT molecular complexity index is 855. The summed E-state index contributed by atoms with van der Waals surface area (Å²) in [6.07, 6.45) is 11.6. The molecular weight excluding hydrogens is 378 g/mol. The van der Waals surface area contributed by atoms with Crippen LogP contribution in [-0.2, 0) is 5.41 Å². The van der Waals surface area contributed by atoms with E-state index in [9.17, 15) is 13.6 Å². The van der Waals surface area contributed by atoms with Crippen LogP contribution in [0.3, 0.4) is 0 Å². The van der Waals surface area contributed by atoms with Crippen molar-refractivity contribution in [1.82, 2.24) is 0 Å². The number of hydrogen-bond donors (Lipinski definition) is 0. The van der Waals surface area contributed by atoms with Gasteiger partial charge < -0.3 is 0 Å². The zero-order valence-corrected chi connectivity index (χ0v) is 18.0. The molecule has 0 N–H and O–H groups in total. The number of hydrogen-bond acceptors (Lipinski definition) is 1. The van der Waals surface area contributed by atoms with E-state index in [0.29, 0.717) is 17.4 Å². The average molecular weight is 411 g/mol. The van der Waals surface area contributed by atoms with E-state index in [0.717, 1.165) is 30.7 Å². The van der Waals surface area contributed by atoms with Gasteiger partial charge in [-0.05, 0) is 85.1 Å². The Hall–Kier alpha value is -2.03. The van der Waals surface area contributed by atoms with Crippen molar-refractivity contribution in [1.29, 1.82) is 0 Å². The molecular formula is C27H32F2O. The van der Waals surface area contributed by atoms with Gasteiger partial charge in [-0.2, -0.15) is 0 Å². The van der Waals surface area contributed by atoms with E-state index >= 15 is 0 Å². The second-order valence-electron chi connectivity index (χ2n) is 9.39. The molecule has 2 bridgehead atoms. The minimum atomic E-state index is -0.751. The summed E-state index contributed by atoms with van der Waals surface area (Å²) in [5, 5.41) is 0. The fourth-order valence-electron chi connectivity index (χ4n) is 5.54. The molecule has 5 rings (SSSR count). The summed E-state index contributed by atoms with van der Waals surface area (Å²) in [4.78, 5) is 12.3. The van der Waals surface area contributed by atoms with Gasteiger partial charge in [-0.15, -0.1) is 0 Å². The topological polar surface area (TPSA) is 17.1 Å². The third-order valence-electron chi connectivity index (χ3n) is 7.50. The minimum Gasteiger partial charge on any atom is -0.294 e. The Kier molecular flexibility index (Phi) is 6.36. The monoisotopic (exact) mass is 410 g/mol. The van der Waals surface area contributed by atoms with Gasteiger partial charge in [0.25, 0.3) is 0 Å². The van der Waals surface area contributed by atoms with E-state index in [1.165, 1.54) is 56.2 Å². The molecule has 3 aliphatic rings. The standard InChI is InChI=1S/C27H32F2O/c1-2-3-4-5-6-25(30)26-23(28)17-21(18-24(26)29)20-7-9-22(10-8-20)27-14-11-19(12-15-27)13-16-27/h7-10,17-19H,2-6,11-16H2,1H3. The Balaban J connectivity index is 1.51. The molecule has 30 heavy (non-hydrogen) atoms. The lowest BCUT2D eigenvalue weighted by Crippen LogP contribution is -2.37. The van der Waals surface area contributed by atoms with E-state index in [1.807, 2.05) is 12.1 Å². The largest absolute Gasteiger partial charge is 0.294 e. The Morgan fingerprint density at radius 1 is 0.900 bits per heavy atom. The Morgan fingerprint density at radius 3 is 2.07 bits per heavy atom. The summed E-state index contributed by atoms with van der Waals surface area (Å²) in [6.45, 7) is 2.09. The summed E-state index contributed by atoms with van der Waals surface area (Å²) in [5.74, 6) is -1.02. The highest BCUT2D eigenvalue weighted by molar-refractivity contribution is 5.97. The number of fused-ring (bicyclic) bond motifs is 3. The molecule has 0 saturated heterocycles. The first kappa shape index (κ1) is 21.2. The van der Waals surface area contributed by atoms with Gasteiger partial charge in [-0.1, -0.05) is 50.5 Å². The molecule has 3 aliphatic carbocycles. The second-order valence-corrected chi connectivity index (χ2v) is 9.39. The van der Waals surface area contributed by atoms with Crippen molar-refractivity contribution in [2.24, 2.45) is 5.92 Å². The number of carbonyl (C=O) groups is 1. The fourth-order valence-corrected chi connectivity index (χ4v) is 5.54. The highest BCUT2D eigenvalue weighted by atomic mass is 19.1. The summed E-state index contributed by atoms with van der Waals surface area (Å²) < 4.78 is 29.3. The SMILES string of the molecule is CCCCCCC(=O)c1c(F)cc(-c2ccc(C34CCC(CC3)CC4)cc2)cc1F. The van der Waals surface area contributed by atoms with Crippen LogP contribution >= 0.6 is 0 Å². The number of halogens is 2. The lowest BCUT2D eigenvalue weighted by Gasteiger charge is -2.47. The number of carbonyl (C=O) groups excluding carboxylic acids is 1. The predicted octanol–water partition coefficient (Wildman–Crippen LogP) is 8.01. The number of ketones is 1. The molecule has 0 radical (unpaired) electrons. The zero-order valence-electron chi connectivity index (χ0n) is 18.0. The van der Waals surface area contributed by atoms with E-state index < -0.39 is 17.4 Å². The number of benzene rings is 2. The fraction of sp³-hybridized carbons (Fsp3) is 0.519. The van der Waals surface area contributed by atoms with Gasteiger partial charge in [0.1, 0.15) is 11.6 Å². The van der Waals surface area contributed by atoms with Crippen LogP contribution in [0.25, 0.3) is 11.1 Å². The molecule has 0 aliphatic heterocycles. The molecule has 0 spiro atoms. The van der Waals surface area contributed by atoms with E-state index in [4.69, 9.17) is 0 Å². The highest BCUT2D eigenvalue weighted by Gasteiger charge is 2.41. The molecule has 2 aromatic rings. The van der Waals surface area contributed by atoms with Gasteiger partial charge in [0.15, 0.2) is 5.78 Å². The average Bonchev–Trinajstić information content (AvgIpc) is 2.77. The summed E-state index contributed by atoms with van der Waals surface area (Å²) in [6, 6.07) is 10.9. The van der Waals surface area contributed by atoms with Crippen molar-refractivity contribution in [3.8, 4) is 11.1 Å². The summed E-state index contributed by atoms with van der Waals surface area (Å²) >= 11 is 0. The number of Topliss-reactive ketones (excluding diaryl/α,β-unsaturated/α-hetero) is 1. The van der Waals surface area contributed by atoms with Crippen molar-refractivity contribution in [3.05, 3.63) is 59.2 Å². The molecule has 0 heterocycles.